The molecule has 1 aliphatic carbocycles. The maximum atomic E-state index is 11.7. The van der Waals surface area contributed by atoms with Crippen molar-refractivity contribution in [3.05, 3.63) is 0 Å². The fraction of sp³-hybridized carbons (Fsp3) is 0.833. The highest BCUT2D eigenvalue weighted by molar-refractivity contribution is 5.86. The van der Waals surface area contributed by atoms with Crippen LogP contribution in [0.1, 0.15) is 58.8 Å². The van der Waals surface area contributed by atoms with E-state index in [1.54, 1.807) is 0 Å². The Bertz CT molecular complexity index is 232. The van der Waals surface area contributed by atoms with Gasteiger partial charge in [-0.05, 0) is 19.3 Å². The van der Waals surface area contributed by atoms with Crippen LogP contribution in [-0.2, 0) is 9.59 Å². The Hall–Kier alpha value is -0.660. The van der Waals surface area contributed by atoms with Gasteiger partial charge in [0.2, 0.25) is 0 Å². The molecule has 1 aliphatic rings. The lowest BCUT2D eigenvalue weighted by Gasteiger charge is -2.31. The van der Waals surface area contributed by atoms with E-state index in [-0.39, 0.29) is 11.2 Å². The third kappa shape index (κ3) is 2.66. The fourth-order valence-corrected chi connectivity index (χ4v) is 2.10. The summed E-state index contributed by atoms with van der Waals surface area (Å²) in [5.74, 6) is 0.650. The van der Waals surface area contributed by atoms with Crippen molar-refractivity contribution in [2.24, 2.45) is 5.41 Å². The van der Waals surface area contributed by atoms with Crippen molar-refractivity contribution < 1.29 is 9.59 Å². The molecule has 2 heteroatoms. The van der Waals surface area contributed by atoms with E-state index in [4.69, 9.17) is 0 Å². The summed E-state index contributed by atoms with van der Waals surface area (Å²) in [5.41, 5.74) is -0.191. The lowest BCUT2D eigenvalue weighted by molar-refractivity contribution is -0.131. The van der Waals surface area contributed by atoms with E-state index in [9.17, 15) is 9.59 Å². The first-order valence-electron chi connectivity index (χ1n) is 5.63. The highest BCUT2D eigenvalue weighted by Gasteiger charge is 2.34. The number of rotatable bonds is 4. The van der Waals surface area contributed by atoms with Gasteiger partial charge in [0, 0.05) is 24.7 Å². The second-order valence-electron chi connectivity index (χ2n) is 4.58. The van der Waals surface area contributed by atoms with Gasteiger partial charge < -0.3 is 0 Å². The molecule has 1 rings (SSSR count). The van der Waals surface area contributed by atoms with Crippen LogP contribution in [0.5, 0.6) is 0 Å². The van der Waals surface area contributed by atoms with E-state index in [0.717, 1.165) is 32.1 Å². The maximum absolute atomic E-state index is 11.7. The van der Waals surface area contributed by atoms with Crippen molar-refractivity contribution in [3.8, 4) is 0 Å². The maximum Gasteiger partial charge on any atom is 0.138 e. The average Bonchev–Trinajstić information content (AvgIpc) is 2.19. The van der Waals surface area contributed by atoms with E-state index in [1.165, 1.54) is 0 Å². The van der Waals surface area contributed by atoms with Crippen molar-refractivity contribution in [2.75, 3.05) is 0 Å². The summed E-state index contributed by atoms with van der Waals surface area (Å²) < 4.78 is 0. The zero-order valence-electron chi connectivity index (χ0n) is 9.27. The molecule has 0 aromatic rings. The molecule has 2 nitrogen and oxygen atoms in total. The number of hydrogen-bond donors (Lipinski definition) is 0. The molecule has 1 fully saturated rings. The van der Waals surface area contributed by atoms with Gasteiger partial charge in [-0.25, -0.2) is 0 Å². The summed E-state index contributed by atoms with van der Waals surface area (Å²) in [6.07, 6.45) is 5.82. The Morgan fingerprint density at radius 2 is 2.14 bits per heavy atom. The zero-order valence-corrected chi connectivity index (χ0v) is 9.27. The molecule has 0 aromatic heterocycles. The predicted molar refractivity (Wildman–Crippen MR) is 56.1 cm³/mol. The summed E-state index contributed by atoms with van der Waals surface area (Å²) in [6.45, 7) is 3.91. The number of Topliss-reactive ketones (excluding diaryl/α,β-unsaturated/α-hetero) is 2. The lowest BCUT2D eigenvalue weighted by Crippen LogP contribution is -2.31. The van der Waals surface area contributed by atoms with Gasteiger partial charge in [-0.3, -0.25) is 9.59 Å². The lowest BCUT2D eigenvalue weighted by atomic mass is 9.71. The van der Waals surface area contributed by atoms with Gasteiger partial charge in [0.15, 0.2) is 0 Å². The third-order valence-electron chi connectivity index (χ3n) is 3.41. The SMILES string of the molecule is CCC(=O)CCC1(C)CCCCC1=O. The van der Waals surface area contributed by atoms with Crippen molar-refractivity contribution in [3.63, 3.8) is 0 Å². The molecule has 0 N–H and O–H groups in total. The van der Waals surface area contributed by atoms with Gasteiger partial charge in [0.05, 0.1) is 0 Å². The fourth-order valence-electron chi connectivity index (χ4n) is 2.10. The second-order valence-corrected chi connectivity index (χ2v) is 4.58. The van der Waals surface area contributed by atoms with Gasteiger partial charge in [-0.1, -0.05) is 20.3 Å². The van der Waals surface area contributed by atoms with Crippen molar-refractivity contribution in [2.45, 2.75) is 58.8 Å². The quantitative estimate of drug-likeness (QED) is 0.692. The predicted octanol–water partition coefficient (Wildman–Crippen LogP) is 2.90. The highest BCUT2D eigenvalue weighted by Crippen LogP contribution is 2.36. The van der Waals surface area contributed by atoms with Crippen LogP contribution in [-0.4, -0.2) is 11.6 Å². The van der Waals surface area contributed by atoms with Crippen LogP contribution >= 0.6 is 0 Å². The van der Waals surface area contributed by atoms with Crippen LogP contribution in [0.2, 0.25) is 0 Å². The molecule has 80 valence electrons. The molecule has 1 saturated carbocycles. The Morgan fingerprint density at radius 1 is 1.43 bits per heavy atom. The molecule has 0 heterocycles. The van der Waals surface area contributed by atoms with E-state index in [0.29, 0.717) is 18.6 Å². The molecular weight excluding hydrogens is 176 g/mol. The highest BCUT2D eigenvalue weighted by atomic mass is 16.1. The monoisotopic (exact) mass is 196 g/mol. The molecule has 0 radical (unpaired) electrons. The smallest absolute Gasteiger partial charge is 0.138 e. The van der Waals surface area contributed by atoms with E-state index in [1.807, 2.05) is 13.8 Å². The molecule has 1 unspecified atom stereocenters. The Balaban J connectivity index is 2.47. The van der Waals surface area contributed by atoms with E-state index >= 15 is 0 Å². The Kier molecular flexibility index (Phi) is 3.85. The van der Waals surface area contributed by atoms with E-state index < -0.39 is 0 Å². The molecule has 1 atom stereocenters. The standard InChI is InChI=1S/C12H20O2/c1-3-10(13)7-9-12(2)8-5-4-6-11(12)14/h3-9H2,1-2H3. The van der Waals surface area contributed by atoms with Gasteiger partial charge in [-0.15, -0.1) is 0 Å². The van der Waals surface area contributed by atoms with Crippen LogP contribution in [0.25, 0.3) is 0 Å². The first-order chi connectivity index (χ1) is 6.58. The molecular formula is C12H20O2. The van der Waals surface area contributed by atoms with Crippen LogP contribution in [0.4, 0.5) is 0 Å². The van der Waals surface area contributed by atoms with Crippen LogP contribution < -0.4 is 0 Å². The number of carbonyl (C=O) groups excluding carboxylic acids is 2. The molecule has 14 heavy (non-hydrogen) atoms. The Morgan fingerprint density at radius 3 is 2.71 bits per heavy atom. The summed E-state index contributed by atoms with van der Waals surface area (Å²) >= 11 is 0. The van der Waals surface area contributed by atoms with Crippen molar-refractivity contribution >= 4 is 11.6 Å². The summed E-state index contributed by atoms with van der Waals surface area (Å²) in [4.78, 5) is 22.9. The van der Waals surface area contributed by atoms with Gasteiger partial charge in [0.1, 0.15) is 11.6 Å². The largest absolute Gasteiger partial charge is 0.300 e. The van der Waals surface area contributed by atoms with Gasteiger partial charge in [-0.2, -0.15) is 0 Å². The third-order valence-corrected chi connectivity index (χ3v) is 3.41. The normalized spacial score (nSPS) is 27.7. The number of hydrogen-bond acceptors (Lipinski definition) is 2. The van der Waals surface area contributed by atoms with Crippen LogP contribution in [0.15, 0.2) is 0 Å². The topological polar surface area (TPSA) is 34.1 Å². The van der Waals surface area contributed by atoms with Crippen molar-refractivity contribution in [1.29, 1.82) is 0 Å². The molecule has 0 aromatic carbocycles. The molecule has 0 aliphatic heterocycles. The average molecular weight is 196 g/mol. The second kappa shape index (κ2) is 4.72. The van der Waals surface area contributed by atoms with Crippen LogP contribution in [0, 0.1) is 5.41 Å². The van der Waals surface area contributed by atoms with Crippen molar-refractivity contribution in [1.82, 2.24) is 0 Å². The summed E-state index contributed by atoms with van der Waals surface area (Å²) in [7, 11) is 0. The summed E-state index contributed by atoms with van der Waals surface area (Å²) in [5, 5.41) is 0. The first-order valence-corrected chi connectivity index (χ1v) is 5.63. The van der Waals surface area contributed by atoms with Gasteiger partial charge in [0.25, 0.3) is 0 Å². The van der Waals surface area contributed by atoms with Gasteiger partial charge >= 0.3 is 0 Å². The minimum absolute atomic E-state index is 0.191. The number of carbonyl (C=O) groups is 2. The van der Waals surface area contributed by atoms with Crippen LogP contribution in [0.3, 0.4) is 0 Å². The number of ketones is 2. The minimum atomic E-state index is -0.191. The minimum Gasteiger partial charge on any atom is -0.300 e. The first kappa shape index (κ1) is 11.4. The molecule has 0 saturated heterocycles. The Labute approximate surface area is 86.1 Å². The zero-order chi connectivity index (χ0) is 10.6. The molecule has 0 spiro atoms. The molecule has 0 bridgehead atoms. The van der Waals surface area contributed by atoms with E-state index in [2.05, 4.69) is 0 Å². The summed E-state index contributed by atoms with van der Waals surface area (Å²) in [6, 6.07) is 0. The molecule has 0 amide bonds.